The quantitative estimate of drug-likeness (QED) is 0.473. The van der Waals surface area contributed by atoms with Crippen molar-refractivity contribution in [3.05, 3.63) is 53.3 Å². The lowest BCUT2D eigenvalue weighted by molar-refractivity contribution is -0.137. The predicted molar refractivity (Wildman–Crippen MR) is 104 cm³/mol. The largest absolute Gasteiger partial charge is 0.416 e. The van der Waals surface area contributed by atoms with Gasteiger partial charge in [-0.25, -0.2) is 13.8 Å². The van der Waals surface area contributed by atoms with Crippen LogP contribution in [0.25, 0.3) is 10.9 Å². The molecule has 0 atom stereocenters. The molecule has 1 aromatic carbocycles. The van der Waals surface area contributed by atoms with Gasteiger partial charge in [0.05, 0.1) is 17.6 Å². The Hall–Kier alpha value is -2.64. The second kappa shape index (κ2) is 7.31. The van der Waals surface area contributed by atoms with Gasteiger partial charge in [-0.05, 0) is 49.2 Å². The molecule has 3 nitrogen and oxygen atoms in total. The van der Waals surface area contributed by atoms with Gasteiger partial charge in [0.2, 0.25) is 0 Å². The summed E-state index contributed by atoms with van der Waals surface area (Å²) in [4.78, 5) is 4.27. The van der Waals surface area contributed by atoms with E-state index in [9.17, 15) is 22.0 Å². The highest BCUT2D eigenvalue weighted by Gasteiger charge is 2.34. The van der Waals surface area contributed by atoms with Crippen LogP contribution in [0.2, 0.25) is 0 Å². The number of nitrogens with zero attached hydrogens (tertiary/aromatic N) is 2. The van der Waals surface area contributed by atoms with Gasteiger partial charge >= 0.3 is 6.18 Å². The summed E-state index contributed by atoms with van der Waals surface area (Å²) in [7, 11) is 0. The monoisotopic (exact) mass is 411 g/mol. The molecule has 0 aliphatic rings. The van der Waals surface area contributed by atoms with Crippen molar-refractivity contribution in [2.45, 2.75) is 46.3 Å². The molecule has 1 N–H and O–H groups in total. The maximum Gasteiger partial charge on any atom is 0.416 e. The summed E-state index contributed by atoms with van der Waals surface area (Å²) in [6.07, 6.45) is -1.37. The zero-order valence-electron chi connectivity index (χ0n) is 16.5. The Balaban J connectivity index is 1.99. The number of aromatic nitrogens is 2. The lowest BCUT2D eigenvalue weighted by atomic mass is 10.0. The van der Waals surface area contributed by atoms with E-state index in [1.807, 2.05) is 0 Å². The summed E-state index contributed by atoms with van der Waals surface area (Å²) in [6, 6.07) is 5.47. The fourth-order valence-corrected chi connectivity index (χ4v) is 3.21. The third-order valence-corrected chi connectivity index (χ3v) is 5.03. The van der Waals surface area contributed by atoms with Crippen molar-refractivity contribution in [2.24, 2.45) is 5.92 Å². The zero-order valence-corrected chi connectivity index (χ0v) is 16.5. The molecule has 0 radical (unpaired) electrons. The number of anilines is 2. The summed E-state index contributed by atoms with van der Waals surface area (Å²) in [5, 5.41) is 3.70. The first-order chi connectivity index (χ1) is 13.4. The minimum Gasteiger partial charge on any atom is -0.341 e. The minimum absolute atomic E-state index is 0.403. The molecule has 3 aromatic rings. The number of nitrogens with one attached hydrogen (secondary N) is 1. The van der Waals surface area contributed by atoms with Gasteiger partial charge in [-0.2, -0.15) is 13.2 Å². The highest BCUT2D eigenvalue weighted by atomic mass is 19.4. The SMILES string of the molecule is Cc1cc(C(F)(F)F)cc(C)c1Nc1nccc2c1ccn2CC(F)(F)C(C)C. The van der Waals surface area contributed by atoms with Crippen LogP contribution in [-0.2, 0) is 12.7 Å². The van der Waals surface area contributed by atoms with Crippen molar-refractivity contribution in [3.8, 4) is 0 Å². The summed E-state index contributed by atoms with van der Waals surface area (Å²) in [5.74, 6) is -3.28. The number of hydrogen-bond acceptors (Lipinski definition) is 2. The molecule has 0 unspecified atom stereocenters. The average molecular weight is 411 g/mol. The fourth-order valence-electron chi connectivity index (χ4n) is 3.21. The lowest BCUT2D eigenvalue weighted by Gasteiger charge is -2.21. The third-order valence-electron chi connectivity index (χ3n) is 5.03. The van der Waals surface area contributed by atoms with Crippen LogP contribution in [0.1, 0.15) is 30.5 Å². The van der Waals surface area contributed by atoms with Crippen LogP contribution >= 0.6 is 0 Å². The van der Waals surface area contributed by atoms with Gasteiger partial charge < -0.3 is 9.88 Å². The predicted octanol–water partition coefficient (Wildman–Crippen LogP) is 6.71. The Kier molecular flexibility index (Phi) is 5.32. The molecular weight excluding hydrogens is 389 g/mol. The van der Waals surface area contributed by atoms with Crippen molar-refractivity contribution in [2.75, 3.05) is 5.32 Å². The van der Waals surface area contributed by atoms with Crippen LogP contribution in [0.15, 0.2) is 36.7 Å². The highest BCUT2D eigenvalue weighted by Crippen LogP contribution is 2.36. The number of pyridine rings is 1. The van der Waals surface area contributed by atoms with E-state index in [0.717, 1.165) is 12.1 Å². The van der Waals surface area contributed by atoms with Gasteiger partial charge in [0, 0.05) is 29.4 Å². The van der Waals surface area contributed by atoms with Gasteiger partial charge in [0.1, 0.15) is 5.82 Å². The van der Waals surface area contributed by atoms with E-state index in [4.69, 9.17) is 0 Å². The summed E-state index contributed by atoms with van der Waals surface area (Å²) >= 11 is 0. The Morgan fingerprint density at radius 2 is 1.66 bits per heavy atom. The second-order valence-electron chi connectivity index (χ2n) is 7.56. The van der Waals surface area contributed by atoms with Crippen LogP contribution in [0.5, 0.6) is 0 Å². The Bertz CT molecular complexity index is 1010. The molecule has 0 fully saturated rings. The van der Waals surface area contributed by atoms with Crippen molar-refractivity contribution in [1.82, 2.24) is 9.55 Å². The number of hydrogen-bond donors (Lipinski definition) is 1. The highest BCUT2D eigenvalue weighted by molar-refractivity contribution is 5.92. The molecule has 29 heavy (non-hydrogen) atoms. The number of fused-ring (bicyclic) bond motifs is 1. The summed E-state index contributed by atoms with van der Waals surface area (Å²) in [6.45, 7) is 5.64. The Morgan fingerprint density at radius 1 is 1.03 bits per heavy atom. The molecule has 0 aliphatic carbocycles. The lowest BCUT2D eigenvalue weighted by Crippen LogP contribution is -2.29. The first-order valence-electron chi connectivity index (χ1n) is 9.17. The molecule has 0 amide bonds. The third kappa shape index (κ3) is 4.21. The number of halogens is 5. The van der Waals surface area contributed by atoms with E-state index in [1.165, 1.54) is 24.6 Å². The summed E-state index contributed by atoms with van der Waals surface area (Å²) in [5.41, 5.74) is 1.21. The maximum absolute atomic E-state index is 14.2. The Labute approximate surface area is 165 Å². The van der Waals surface area contributed by atoms with Gasteiger partial charge in [-0.1, -0.05) is 13.8 Å². The van der Waals surface area contributed by atoms with Gasteiger partial charge in [0.25, 0.3) is 5.92 Å². The van der Waals surface area contributed by atoms with E-state index in [0.29, 0.717) is 33.5 Å². The first-order valence-corrected chi connectivity index (χ1v) is 9.17. The Morgan fingerprint density at radius 3 is 2.21 bits per heavy atom. The van der Waals surface area contributed by atoms with Gasteiger partial charge in [-0.15, -0.1) is 0 Å². The number of alkyl halides is 5. The second-order valence-corrected chi connectivity index (χ2v) is 7.56. The van der Waals surface area contributed by atoms with Crippen LogP contribution in [0, 0.1) is 19.8 Å². The van der Waals surface area contributed by atoms with Crippen molar-refractivity contribution < 1.29 is 22.0 Å². The van der Waals surface area contributed by atoms with Gasteiger partial charge in [0.15, 0.2) is 0 Å². The smallest absolute Gasteiger partial charge is 0.341 e. The van der Waals surface area contributed by atoms with Crippen molar-refractivity contribution >= 4 is 22.4 Å². The number of benzene rings is 1. The van der Waals surface area contributed by atoms with E-state index in [2.05, 4.69) is 10.3 Å². The molecule has 2 aromatic heterocycles. The molecular formula is C21H22F5N3. The number of aryl methyl sites for hydroxylation is 2. The van der Waals surface area contributed by atoms with E-state index < -0.39 is 30.1 Å². The van der Waals surface area contributed by atoms with Crippen LogP contribution < -0.4 is 5.32 Å². The molecule has 2 heterocycles. The molecule has 0 spiro atoms. The van der Waals surface area contributed by atoms with Crippen LogP contribution in [-0.4, -0.2) is 15.5 Å². The van der Waals surface area contributed by atoms with Crippen LogP contribution in [0.4, 0.5) is 33.5 Å². The molecule has 0 saturated heterocycles. The zero-order chi connectivity index (χ0) is 21.6. The normalized spacial score (nSPS) is 12.8. The summed E-state index contributed by atoms with van der Waals surface area (Å²) < 4.78 is 68.9. The fraction of sp³-hybridized carbons (Fsp3) is 0.381. The number of rotatable bonds is 5. The van der Waals surface area contributed by atoms with Crippen molar-refractivity contribution in [1.29, 1.82) is 0 Å². The average Bonchev–Trinajstić information content (AvgIpc) is 3.00. The van der Waals surface area contributed by atoms with Gasteiger partial charge in [-0.3, -0.25) is 0 Å². The maximum atomic E-state index is 14.2. The van der Waals surface area contributed by atoms with E-state index >= 15 is 0 Å². The minimum atomic E-state index is -4.43. The molecule has 0 bridgehead atoms. The van der Waals surface area contributed by atoms with E-state index in [-0.39, 0.29) is 0 Å². The molecule has 0 aliphatic heterocycles. The molecule has 3 rings (SSSR count). The standard InChI is InChI=1S/C21H22F5N3/c1-12(2)20(22,23)11-29-8-6-16-17(29)5-7-27-19(16)28-18-13(3)9-15(10-14(18)4)21(24,25)26/h5-10,12H,11H2,1-4H3,(H,27,28). The van der Waals surface area contributed by atoms with Crippen LogP contribution in [0.3, 0.4) is 0 Å². The van der Waals surface area contributed by atoms with Crippen molar-refractivity contribution in [3.63, 3.8) is 0 Å². The molecule has 8 heteroatoms. The molecule has 0 saturated carbocycles. The topological polar surface area (TPSA) is 29.9 Å². The molecule has 156 valence electrons. The first kappa shape index (κ1) is 21.1. The van der Waals surface area contributed by atoms with E-state index in [1.54, 1.807) is 32.2 Å².